The highest BCUT2D eigenvalue weighted by molar-refractivity contribution is 6.03. The van der Waals surface area contributed by atoms with Gasteiger partial charge >= 0.3 is 0 Å². The molecule has 1 amide bonds. The van der Waals surface area contributed by atoms with Crippen LogP contribution in [0.4, 0.5) is 0 Å². The second kappa shape index (κ2) is 7.05. The molecule has 1 aliphatic rings. The molecule has 144 valence electrons. The molecule has 6 nitrogen and oxygen atoms in total. The van der Waals surface area contributed by atoms with E-state index in [0.717, 1.165) is 28.0 Å². The smallest absolute Gasteiger partial charge is 0.258 e. The summed E-state index contributed by atoms with van der Waals surface area (Å²) in [6, 6.07) is 13.7. The Morgan fingerprint density at radius 2 is 2.07 bits per heavy atom. The summed E-state index contributed by atoms with van der Waals surface area (Å²) in [6.45, 7) is 1.16. The van der Waals surface area contributed by atoms with Crippen molar-refractivity contribution >= 4 is 11.6 Å². The van der Waals surface area contributed by atoms with E-state index < -0.39 is 0 Å². The minimum Gasteiger partial charge on any atom is -0.496 e. The number of fused-ring (bicyclic) bond motifs is 2. The lowest BCUT2D eigenvalue weighted by Crippen LogP contribution is -2.26. The monoisotopic (exact) mass is 384 g/mol. The van der Waals surface area contributed by atoms with Crippen molar-refractivity contribution in [3.63, 3.8) is 0 Å². The standard InChI is InChI=1S/C23H20N4O2/c1-29-20-8-7-18(16-5-4-10-24-13-16)19-15-27(23(28)22(19)20)12-9-17-14-26-11-3-2-6-21(26)25-17/h2-8,10-11,13-14H,9,12,15H2,1H3. The zero-order chi connectivity index (χ0) is 19.8. The molecule has 1 aliphatic heterocycles. The highest BCUT2D eigenvalue weighted by atomic mass is 16.5. The highest BCUT2D eigenvalue weighted by Crippen LogP contribution is 2.37. The van der Waals surface area contributed by atoms with E-state index >= 15 is 0 Å². The predicted octanol–water partition coefficient (Wildman–Crippen LogP) is 3.60. The Morgan fingerprint density at radius 3 is 2.86 bits per heavy atom. The molecule has 0 radical (unpaired) electrons. The van der Waals surface area contributed by atoms with Gasteiger partial charge in [0.25, 0.3) is 5.91 Å². The van der Waals surface area contributed by atoms with E-state index in [1.807, 2.05) is 70.4 Å². The molecule has 0 fully saturated rings. The van der Waals surface area contributed by atoms with Crippen LogP contribution in [0.1, 0.15) is 21.6 Å². The molecule has 4 aromatic rings. The quantitative estimate of drug-likeness (QED) is 0.527. The summed E-state index contributed by atoms with van der Waals surface area (Å²) < 4.78 is 7.49. The van der Waals surface area contributed by atoms with Crippen LogP contribution in [0.25, 0.3) is 16.8 Å². The molecule has 5 rings (SSSR count). The van der Waals surface area contributed by atoms with Crippen LogP contribution in [0, 0.1) is 0 Å². The number of imidazole rings is 1. The van der Waals surface area contributed by atoms with Crippen molar-refractivity contribution in [2.45, 2.75) is 13.0 Å². The molecular formula is C23H20N4O2. The summed E-state index contributed by atoms with van der Waals surface area (Å²) >= 11 is 0. The summed E-state index contributed by atoms with van der Waals surface area (Å²) in [7, 11) is 1.60. The van der Waals surface area contributed by atoms with Gasteiger partial charge in [-0.05, 0) is 35.4 Å². The Morgan fingerprint density at radius 1 is 1.14 bits per heavy atom. The van der Waals surface area contributed by atoms with Crippen LogP contribution in [0.15, 0.2) is 67.3 Å². The Labute approximate surface area is 168 Å². The summed E-state index contributed by atoms with van der Waals surface area (Å²) in [5.74, 6) is 0.624. The van der Waals surface area contributed by atoms with Crippen molar-refractivity contribution in [3.8, 4) is 16.9 Å². The van der Waals surface area contributed by atoms with Crippen LogP contribution < -0.4 is 4.74 Å². The molecule has 6 heteroatoms. The minimum atomic E-state index is 0.00588. The molecule has 0 bridgehead atoms. The number of aromatic nitrogens is 3. The van der Waals surface area contributed by atoms with Crippen molar-refractivity contribution in [1.29, 1.82) is 0 Å². The summed E-state index contributed by atoms with van der Waals surface area (Å²) in [5.41, 5.74) is 5.57. The van der Waals surface area contributed by atoms with Gasteiger partial charge in [0.05, 0.1) is 18.4 Å². The van der Waals surface area contributed by atoms with E-state index in [4.69, 9.17) is 4.74 Å². The molecule has 29 heavy (non-hydrogen) atoms. The van der Waals surface area contributed by atoms with Gasteiger partial charge in [-0.25, -0.2) is 4.98 Å². The topological polar surface area (TPSA) is 59.7 Å². The molecule has 0 aliphatic carbocycles. The third-order valence-corrected chi connectivity index (χ3v) is 5.37. The van der Waals surface area contributed by atoms with Crippen molar-refractivity contribution in [1.82, 2.24) is 19.3 Å². The zero-order valence-corrected chi connectivity index (χ0v) is 16.1. The van der Waals surface area contributed by atoms with Crippen molar-refractivity contribution in [3.05, 3.63) is 84.1 Å². The summed E-state index contributed by atoms with van der Waals surface area (Å²) in [5, 5.41) is 0. The predicted molar refractivity (Wildman–Crippen MR) is 110 cm³/mol. The molecule has 1 aromatic carbocycles. The van der Waals surface area contributed by atoms with E-state index in [-0.39, 0.29) is 5.91 Å². The lowest BCUT2D eigenvalue weighted by molar-refractivity contribution is 0.0777. The van der Waals surface area contributed by atoms with E-state index in [1.54, 1.807) is 13.3 Å². The molecule has 3 aromatic heterocycles. The van der Waals surface area contributed by atoms with Gasteiger partial charge in [-0.2, -0.15) is 0 Å². The number of methoxy groups -OCH3 is 1. The Bertz CT molecular complexity index is 1170. The first kappa shape index (κ1) is 17.4. The zero-order valence-electron chi connectivity index (χ0n) is 16.1. The van der Waals surface area contributed by atoms with Gasteiger partial charge in [-0.15, -0.1) is 0 Å². The normalized spacial score (nSPS) is 13.1. The van der Waals surface area contributed by atoms with Gasteiger partial charge in [-0.3, -0.25) is 9.78 Å². The number of carbonyl (C=O) groups is 1. The number of rotatable bonds is 5. The van der Waals surface area contributed by atoms with Crippen molar-refractivity contribution in [2.75, 3.05) is 13.7 Å². The molecule has 0 atom stereocenters. The first-order valence-electron chi connectivity index (χ1n) is 9.57. The number of carbonyl (C=O) groups excluding carboxylic acids is 1. The average molecular weight is 384 g/mol. The number of benzene rings is 1. The molecule has 4 heterocycles. The minimum absolute atomic E-state index is 0.00588. The maximum absolute atomic E-state index is 13.2. The Kier molecular flexibility index (Phi) is 4.24. The average Bonchev–Trinajstić information content (AvgIpc) is 3.33. The first-order chi connectivity index (χ1) is 14.2. The number of pyridine rings is 2. The Balaban J connectivity index is 1.43. The number of hydrogen-bond donors (Lipinski definition) is 0. The number of hydrogen-bond acceptors (Lipinski definition) is 4. The first-order valence-corrected chi connectivity index (χ1v) is 9.57. The van der Waals surface area contributed by atoms with Gasteiger partial charge in [0, 0.05) is 49.9 Å². The SMILES string of the molecule is COc1ccc(-c2cccnc2)c2c1C(=O)N(CCc1cn3ccccc3n1)C2. The molecule has 0 unspecified atom stereocenters. The van der Waals surface area contributed by atoms with Crippen LogP contribution in [0.3, 0.4) is 0 Å². The maximum atomic E-state index is 13.2. The number of amides is 1. The van der Waals surface area contributed by atoms with Crippen LogP contribution in [-0.2, 0) is 13.0 Å². The van der Waals surface area contributed by atoms with Crippen molar-refractivity contribution < 1.29 is 9.53 Å². The van der Waals surface area contributed by atoms with Crippen LogP contribution in [-0.4, -0.2) is 38.8 Å². The maximum Gasteiger partial charge on any atom is 0.258 e. The largest absolute Gasteiger partial charge is 0.496 e. The van der Waals surface area contributed by atoms with Crippen LogP contribution >= 0.6 is 0 Å². The molecule has 0 spiro atoms. The molecule has 0 saturated carbocycles. The van der Waals surface area contributed by atoms with E-state index in [0.29, 0.717) is 30.8 Å². The molecule has 0 N–H and O–H groups in total. The van der Waals surface area contributed by atoms with E-state index in [2.05, 4.69) is 9.97 Å². The second-order valence-electron chi connectivity index (χ2n) is 7.09. The second-order valence-corrected chi connectivity index (χ2v) is 7.09. The molecular weight excluding hydrogens is 364 g/mol. The highest BCUT2D eigenvalue weighted by Gasteiger charge is 2.32. The summed E-state index contributed by atoms with van der Waals surface area (Å²) in [4.78, 5) is 23.9. The van der Waals surface area contributed by atoms with Crippen LogP contribution in [0.5, 0.6) is 5.75 Å². The molecule has 0 saturated heterocycles. The summed E-state index contributed by atoms with van der Waals surface area (Å²) in [6.07, 6.45) is 8.27. The Hall–Kier alpha value is -3.67. The van der Waals surface area contributed by atoms with Gasteiger partial charge in [0.1, 0.15) is 11.4 Å². The van der Waals surface area contributed by atoms with E-state index in [1.165, 1.54) is 0 Å². The fourth-order valence-corrected chi connectivity index (χ4v) is 3.95. The van der Waals surface area contributed by atoms with Crippen LogP contribution in [0.2, 0.25) is 0 Å². The number of ether oxygens (including phenoxy) is 1. The van der Waals surface area contributed by atoms with Gasteiger partial charge in [0.2, 0.25) is 0 Å². The van der Waals surface area contributed by atoms with E-state index in [9.17, 15) is 4.79 Å². The van der Waals surface area contributed by atoms with Gasteiger partial charge in [-0.1, -0.05) is 18.2 Å². The van der Waals surface area contributed by atoms with Gasteiger partial charge in [0.15, 0.2) is 0 Å². The third kappa shape index (κ3) is 3.02. The fourth-order valence-electron chi connectivity index (χ4n) is 3.95. The third-order valence-electron chi connectivity index (χ3n) is 5.37. The van der Waals surface area contributed by atoms with Gasteiger partial charge < -0.3 is 14.0 Å². The van der Waals surface area contributed by atoms with Crippen molar-refractivity contribution in [2.24, 2.45) is 0 Å². The fraction of sp³-hybridized carbons (Fsp3) is 0.174. The number of nitrogens with zero attached hydrogens (tertiary/aromatic N) is 4. The lowest BCUT2D eigenvalue weighted by Gasteiger charge is -2.14. The lowest BCUT2D eigenvalue weighted by atomic mass is 9.97.